The number of aliphatic hydroxyl groups is 1. The zero-order chi connectivity index (χ0) is 15.8. The monoisotopic (exact) mass is 324 g/mol. The highest BCUT2D eigenvalue weighted by atomic mass is 32.2. The molecule has 0 aromatic heterocycles. The summed E-state index contributed by atoms with van der Waals surface area (Å²) in [6, 6.07) is 8.40. The number of fused-ring (bicyclic) bond motifs is 1. The van der Waals surface area contributed by atoms with Gasteiger partial charge in [0.05, 0.1) is 11.4 Å². The van der Waals surface area contributed by atoms with E-state index in [-0.39, 0.29) is 12.3 Å². The van der Waals surface area contributed by atoms with Crippen LogP contribution in [-0.2, 0) is 23.0 Å². The van der Waals surface area contributed by atoms with Crippen LogP contribution in [0.15, 0.2) is 24.3 Å². The summed E-state index contributed by atoms with van der Waals surface area (Å²) in [5, 5.41) is 10.8. The average Bonchev–Trinajstić information content (AvgIpc) is 2.90. The summed E-state index contributed by atoms with van der Waals surface area (Å²) in [7, 11) is -3.20. The highest BCUT2D eigenvalue weighted by molar-refractivity contribution is 7.89. The first kappa shape index (κ1) is 15.9. The van der Waals surface area contributed by atoms with E-state index < -0.39 is 15.6 Å². The lowest BCUT2D eigenvalue weighted by Crippen LogP contribution is -2.47. The number of hydrogen-bond donors (Lipinski definition) is 1. The van der Waals surface area contributed by atoms with Gasteiger partial charge >= 0.3 is 0 Å². The van der Waals surface area contributed by atoms with Gasteiger partial charge in [0.25, 0.3) is 0 Å². The van der Waals surface area contributed by atoms with Gasteiger partial charge in [-0.1, -0.05) is 24.3 Å². The number of sulfonamides is 1. The van der Waals surface area contributed by atoms with Gasteiger partial charge in [0.1, 0.15) is 0 Å². The molecule has 1 saturated heterocycles. The fraction of sp³-hybridized carbons (Fsp3) is 0.625. The molecule has 1 N–H and O–H groups in total. The van der Waals surface area contributed by atoms with Crippen molar-refractivity contribution >= 4 is 10.0 Å². The molecule has 22 heavy (non-hydrogen) atoms. The van der Waals surface area contributed by atoms with E-state index in [1.54, 1.807) is 6.92 Å². The summed E-state index contributed by atoms with van der Waals surface area (Å²) in [5.74, 6) is 0.0974. The van der Waals surface area contributed by atoms with Crippen molar-refractivity contribution in [2.45, 2.75) is 31.9 Å². The number of nitrogens with zero attached hydrogens (tertiary/aromatic N) is 2. The fourth-order valence-electron chi connectivity index (χ4n) is 3.47. The maximum Gasteiger partial charge on any atom is 0.213 e. The van der Waals surface area contributed by atoms with Gasteiger partial charge in [-0.2, -0.15) is 4.31 Å². The van der Waals surface area contributed by atoms with Crippen LogP contribution < -0.4 is 0 Å². The molecule has 0 unspecified atom stereocenters. The first-order valence-electron chi connectivity index (χ1n) is 7.91. The normalized spacial score (nSPS) is 27.0. The van der Waals surface area contributed by atoms with Crippen molar-refractivity contribution in [3.8, 4) is 0 Å². The number of benzene rings is 1. The molecule has 122 valence electrons. The van der Waals surface area contributed by atoms with E-state index in [4.69, 9.17) is 0 Å². The zero-order valence-electron chi connectivity index (χ0n) is 13.0. The van der Waals surface area contributed by atoms with E-state index in [0.29, 0.717) is 19.5 Å². The highest BCUT2D eigenvalue weighted by Gasteiger charge is 2.41. The minimum absolute atomic E-state index is 0.0974. The molecule has 6 heteroatoms. The van der Waals surface area contributed by atoms with E-state index in [9.17, 15) is 13.5 Å². The lowest BCUT2D eigenvalue weighted by atomic mass is 9.97. The lowest BCUT2D eigenvalue weighted by Gasteiger charge is -2.34. The van der Waals surface area contributed by atoms with Crippen LogP contribution in [-0.4, -0.2) is 60.3 Å². The molecule has 1 aromatic rings. The fourth-order valence-corrected chi connectivity index (χ4v) is 4.65. The lowest BCUT2D eigenvalue weighted by molar-refractivity contribution is 0.0127. The van der Waals surface area contributed by atoms with Crippen LogP contribution in [0.5, 0.6) is 0 Å². The summed E-state index contributed by atoms with van der Waals surface area (Å²) in [6.45, 7) is 4.59. The van der Waals surface area contributed by atoms with E-state index in [1.165, 1.54) is 15.4 Å². The topological polar surface area (TPSA) is 60.9 Å². The summed E-state index contributed by atoms with van der Waals surface area (Å²) in [6.07, 6.45) is 1.51. The zero-order valence-corrected chi connectivity index (χ0v) is 13.8. The summed E-state index contributed by atoms with van der Waals surface area (Å²) < 4.78 is 25.3. The van der Waals surface area contributed by atoms with Crippen LogP contribution in [0.3, 0.4) is 0 Å². The van der Waals surface area contributed by atoms with Crippen LogP contribution in [0.2, 0.25) is 0 Å². The molecule has 2 heterocycles. The Morgan fingerprint density at radius 2 is 1.95 bits per heavy atom. The van der Waals surface area contributed by atoms with Gasteiger partial charge in [-0.05, 0) is 30.9 Å². The van der Waals surface area contributed by atoms with Crippen molar-refractivity contribution in [2.75, 3.05) is 31.9 Å². The van der Waals surface area contributed by atoms with Crippen LogP contribution in [0.1, 0.15) is 24.5 Å². The third kappa shape index (κ3) is 3.20. The largest absolute Gasteiger partial charge is 0.387 e. The van der Waals surface area contributed by atoms with Crippen molar-refractivity contribution < 1.29 is 13.5 Å². The second kappa shape index (κ2) is 5.92. The van der Waals surface area contributed by atoms with Crippen molar-refractivity contribution in [1.82, 2.24) is 9.21 Å². The number of β-amino-alcohol motifs (C(OH)–C–C–N with tert-alkyl or cyclic N) is 1. The van der Waals surface area contributed by atoms with Crippen molar-refractivity contribution in [1.29, 1.82) is 0 Å². The maximum absolute atomic E-state index is 11.9. The molecule has 0 radical (unpaired) electrons. The Morgan fingerprint density at radius 3 is 2.68 bits per heavy atom. The Hall–Kier alpha value is -0.950. The standard InChI is InChI=1S/C16H24N2O3S/c1-2-22(20,21)18-10-8-16(19,13-18)12-17-9-7-14-5-3-4-6-15(14)11-17/h3-6,19H,2,7-13H2,1H3/t16-/m0/s1. The van der Waals surface area contributed by atoms with Crippen molar-refractivity contribution in [3.05, 3.63) is 35.4 Å². The molecule has 1 fully saturated rings. The Balaban J connectivity index is 1.65. The molecule has 3 rings (SSSR count). The van der Waals surface area contributed by atoms with Gasteiger partial charge in [-0.25, -0.2) is 8.42 Å². The van der Waals surface area contributed by atoms with Crippen molar-refractivity contribution in [3.63, 3.8) is 0 Å². The number of hydrogen-bond acceptors (Lipinski definition) is 4. The molecular weight excluding hydrogens is 300 g/mol. The first-order valence-corrected chi connectivity index (χ1v) is 9.52. The molecule has 0 aliphatic carbocycles. The maximum atomic E-state index is 11.9. The second-order valence-corrected chi connectivity index (χ2v) is 8.70. The molecule has 0 bridgehead atoms. The van der Waals surface area contributed by atoms with Gasteiger partial charge < -0.3 is 5.11 Å². The Bertz CT molecular complexity index is 647. The Kier molecular flexibility index (Phi) is 4.29. The predicted octanol–water partition coefficient (Wildman–Crippen LogP) is 0.831. The Morgan fingerprint density at radius 1 is 1.23 bits per heavy atom. The van der Waals surface area contributed by atoms with Crippen LogP contribution in [0, 0.1) is 0 Å². The van der Waals surface area contributed by atoms with Gasteiger partial charge in [0.2, 0.25) is 10.0 Å². The predicted molar refractivity (Wildman–Crippen MR) is 86.0 cm³/mol. The molecule has 1 aromatic carbocycles. The molecule has 5 nitrogen and oxygen atoms in total. The molecule has 0 amide bonds. The number of rotatable bonds is 4. The first-order chi connectivity index (χ1) is 10.4. The summed E-state index contributed by atoms with van der Waals surface area (Å²) in [4.78, 5) is 2.24. The summed E-state index contributed by atoms with van der Waals surface area (Å²) in [5.41, 5.74) is 1.77. The molecule has 2 aliphatic rings. The van der Waals surface area contributed by atoms with Crippen LogP contribution >= 0.6 is 0 Å². The highest BCUT2D eigenvalue weighted by Crippen LogP contribution is 2.27. The van der Waals surface area contributed by atoms with E-state index in [2.05, 4.69) is 23.1 Å². The molecule has 1 atom stereocenters. The van der Waals surface area contributed by atoms with E-state index in [1.807, 2.05) is 6.07 Å². The van der Waals surface area contributed by atoms with Gasteiger partial charge in [0.15, 0.2) is 0 Å². The summed E-state index contributed by atoms with van der Waals surface area (Å²) >= 11 is 0. The second-order valence-electron chi connectivity index (χ2n) is 6.44. The molecule has 0 saturated carbocycles. The molecule has 2 aliphatic heterocycles. The van der Waals surface area contributed by atoms with E-state index in [0.717, 1.165) is 19.5 Å². The SMILES string of the molecule is CCS(=O)(=O)N1CC[C@](O)(CN2CCc3ccccc3C2)C1. The molecular formula is C16H24N2O3S. The quantitative estimate of drug-likeness (QED) is 0.891. The van der Waals surface area contributed by atoms with Crippen LogP contribution in [0.4, 0.5) is 0 Å². The van der Waals surface area contributed by atoms with Gasteiger partial charge in [-0.3, -0.25) is 4.90 Å². The molecule has 0 spiro atoms. The smallest absolute Gasteiger partial charge is 0.213 e. The van der Waals surface area contributed by atoms with Gasteiger partial charge in [-0.15, -0.1) is 0 Å². The minimum Gasteiger partial charge on any atom is -0.387 e. The van der Waals surface area contributed by atoms with Gasteiger partial charge in [0, 0.05) is 32.7 Å². The van der Waals surface area contributed by atoms with Crippen molar-refractivity contribution in [2.24, 2.45) is 0 Å². The average molecular weight is 324 g/mol. The van der Waals surface area contributed by atoms with E-state index >= 15 is 0 Å². The third-order valence-electron chi connectivity index (χ3n) is 4.78. The third-order valence-corrected chi connectivity index (χ3v) is 6.61. The minimum atomic E-state index is -3.20. The van der Waals surface area contributed by atoms with Crippen LogP contribution in [0.25, 0.3) is 0 Å². The Labute approximate surface area is 132 Å².